The summed E-state index contributed by atoms with van der Waals surface area (Å²) in [6, 6.07) is 19.0. The van der Waals surface area contributed by atoms with Crippen molar-refractivity contribution in [1.29, 1.82) is 0 Å². The Bertz CT molecular complexity index is 688. The molecule has 3 heteroatoms. The molecule has 1 unspecified atom stereocenters. The molecule has 0 bridgehead atoms. The Kier molecular flexibility index (Phi) is 5.00. The summed E-state index contributed by atoms with van der Waals surface area (Å²) in [6.07, 6.45) is 3.89. The summed E-state index contributed by atoms with van der Waals surface area (Å²) in [4.78, 5) is 14.6. The van der Waals surface area contributed by atoms with E-state index in [-0.39, 0.29) is 5.91 Å². The molecule has 126 valence electrons. The lowest BCUT2D eigenvalue weighted by atomic mass is 9.81. The number of nitrogens with zero attached hydrogens (tertiary/aromatic N) is 1. The molecule has 0 aliphatic carbocycles. The first-order chi connectivity index (χ1) is 11.6. The Morgan fingerprint density at radius 2 is 1.79 bits per heavy atom. The van der Waals surface area contributed by atoms with E-state index >= 15 is 0 Å². The van der Waals surface area contributed by atoms with Crippen molar-refractivity contribution < 1.29 is 4.79 Å². The summed E-state index contributed by atoms with van der Waals surface area (Å²) >= 11 is 0. The minimum absolute atomic E-state index is 0.187. The van der Waals surface area contributed by atoms with E-state index in [0.717, 1.165) is 32.2 Å². The first-order valence-corrected chi connectivity index (χ1v) is 8.72. The highest BCUT2D eigenvalue weighted by molar-refractivity contribution is 5.86. The molecule has 1 aliphatic rings. The smallest absolute Gasteiger partial charge is 0.242 e. The van der Waals surface area contributed by atoms with Crippen LogP contribution >= 0.6 is 0 Å². The fourth-order valence-corrected chi connectivity index (χ4v) is 3.64. The van der Waals surface area contributed by atoms with Gasteiger partial charge in [-0.15, -0.1) is 0 Å². The zero-order valence-corrected chi connectivity index (χ0v) is 14.6. The molecule has 3 nitrogen and oxygen atoms in total. The number of benzene rings is 2. The second-order valence-corrected chi connectivity index (χ2v) is 6.91. The standard InChI is InChI=1S/C21H26N2O/c1-23(2)20(24)21(13-6-7-14-22-21)16-17-9-8-12-19(15-17)18-10-4-3-5-11-18/h3-5,8-12,15,22H,6-7,13-14,16H2,1-2H3. The number of hydrogen-bond donors (Lipinski definition) is 1. The summed E-state index contributed by atoms with van der Waals surface area (Å²) in [6.45, 7) is 0.915. The molecule has 2 aromatic carbocycles. The van der Waals surface area contributed by atoms with E-state index in [9.17, 15) is 4.79 Å². The van der Waals surface area contributed by atoms with Crippen LogP contribution < -0.4 is 5.32 Å². The van der Waals surface area contributed by atoms with Crippen LogP contribution in [0.5, 0.6) is 0 Å². The predicted octanol–water partition coefficient (Wildman–Crippen LogP) is 3.50. The van der Waals surface area contributed by atoms with Crippen LogP contribution in [0, 0.1) is 0 Å². The average molecular weight is 322 g/mol. The van der Waals surface area contributed by atoms with Crippen molar-refractivity contribution >= 4 is 5.91 Å². The van der Waals surface area contributed by atoms with Crippen LogP contribution in [0.3, 0.4) is 0 Å². The van der Waals surface area contributed by atoms with Crippen LogP contribution in [-0.2, 0) is 11.2 Å². The molecule has 1 heterocycles. The Morgan fingerprint density at radius 1 is 1.04 bits per heavy atom. The first kappa shape index (κ1) is 16.7. The average Bonchev–Trinajstić information content (AvgIpc) is 2.63. The third-order valence-electron chi connectivity index (χ3n) is 4.85. The molecule has 2 aromatic rings. The second kappa shape index (κ2) is 7.18. The lowest BCUT2D eigenvalue weighted by molar-refractivity contribution is -0.136. The SMILES string of the molecule is CN(C)C(=O)C1(Cc2cccc(-c3ccccc3)c2)CCCCN1. The largest absolute Gasteiger partial charge is 0.347 e. The number of likely N-dealkylation sites (N-methyl/N-ethyl adjacent to an activating group) is 1. The van der Waals surface area contributed by atoms with E-state index in [1.807, 2.05) is 20.2 Å². The van der Waals surface area contributed by atoms with Gasteiger partial charge in [-0.25, -0.2) is 0 Å². The third-order valence-corrected chi connectivity index (χ3v) is 4.85. The van der Waals surface area contributed by atoms with Gasteiger partial charge in [-0.1, -0.05) is 54.6 Å². The van der Waals surface area contributed by atoms with Crippen molar-refractivity contribution in [3.05, 3.63) is 60.2 Å². The normalized spacial score (nSPS) is 20.6. The Hall–Kier alpha value is -2.13. The van der Waals surface area contributed by atoms with Gasteiger partial charge in [0, 0.05) is 14.1 Å². The van der Waals surface area contributed by atoms with Crippen molar-refractivity contribution in [2.75, 3.05) is 20.6 Å². The van der Waals surface area contributed by atoms with Gasteiger partial charge in [-0.2, -0.15) is 0 Å². The van der Waals surface area contributed by atoms with Crippen molar-refractivity contribution in [3.63, 3.8) is 0 Å². The van der Waals surface area contributed by atoms with E-state index in [0.29, 0.717) is 0 Å². The molecular weight excluding hydrogens is 296 g/mol. The summed E-state index contributed by atoms with van der Waals surface area (Å²) in [7, 11) is 3.70. The van der Waals surface area contributed by atoms with Crippen LogP contribution in [0.2, 0.25) is 0 Å². The minimum Gasteiger partial charge on any atom is -0.347 e. The number of hydrogen-bond acceptors (Lipinski definition) is 2. The number of amides is 1. The molecular formula is C21H26N2O. The molecule has 0 aromatic heterocycles. The topological polar surface area (TPSA) is 32.3 Å². The lowest BCUT2D eigenvalue weighted by Crippen LogP contribution is -2.60. The number of rotatable bonds is 4. The van der Waals surface area contributed by atoms with Crippen LogP contribution in [0.4, 0.5) is 0 Å². The Balaban J connectivity index is 1.89. The van der Waals surface area contributed by atoms with Crippen LogP contribution in [0.15, 0.2) is 54.6 Å². The Morgan fingerprint density at radius 3 is 2.46 bits per heavy atom. The van der Waals surface area contributed by atoms with E-state index in [4.69, 9.17) is 0 Å². The van der Waals surface area contributed by atoms with Gasteiger partial charge in [0.1, 0.15) is 5.54 Å². The fourth-order valence-electron chi connectivity index (χ4n) is 3.64. The molecule has 0 radical (unpaired) electrons. The monoisotopic (exact) mass is 322 g/mol. The number of piperidine rings is 1. The van der Waals surface area contributed by atoms with Crippen LogP contribution in [0.25, 0.3) is 11.1 Å². The predicted molar refractivity (Wildman–Crippen MR) is 98.9 cm³/mol. The molecule has 3 rings (SSSR count). The van der Waals surface area contributed by atoms with Gasteiger partial charge >= 0.3 is 0 Å². The first-order valence-electron chi connectivity index (χ1n) is 8.72. The molecule has 1 N–H and O–H groups in total. The van der Waals surface area contributed by atoms with E-state index < -0.39 is 5.54 Å². The van der Waals surface area contributed by atoms with Gasteiger partial charge in [0.25, 0.3) is 0 Å². The van der Waals surface area contributed by atoms with Crippen molar-refractivity contribution in [1.82, 2.24) is 10.2 Å². The molecule has 1 aliphatic heterocycles. The van der Waals surface area contributed by atoms with Crippen molar-refractivity contribution in [2.24, 2.45) is 0 Å². The van der Waals surface area contributed by atoms with Crippen molar-refractivity contribution in [3.8, 4) is 11.1 Å². The molecule has 1 atom stereocenters. The van der Waals surface area contributed by atoms with Gasteiger partial charge in [0.2, 0.25) is 5.91 Å². The second-order valence-electron chi connectivity index (χ2n) is 6.91. The van der Waals surface area contributed by atoms with Gasteiger partial charge < -0.3 is 10.2 Å². The van der Waals surface area contributed by atoms with Crippen LogP contribution in [-0.4, -0.2) is 37.0 Å². The highest BCUT2D eigenvalue weighted by atomic mass is 16.2. The van der Waals surface area contributed by atoms with E-state index in [2.05, 4.69) is 53.8 Å². The lowest BCUT2D eigenvalue weighted by Gasteiger charge is -2.39. The number of carbonyl (C=O) groups excluding carboxylic acids is 1. The Labute approximate surface area is 144 Å². The molecule has 1 fully saturated rings. The maximum atomic E-state index is 12.8. The van der Waals surface area contributed by atoms with E-state index in [1.54, 1.807) is 4.90 Å². The van der Waals surface area contributed by atoms with Crippen LogP contribution in [0.1, 0.15) is 24.8 Å². The molecule has 0 saturated carbocycles. The van der Waals surface area contributed by atoms with Crippen molar-refractivity contribution in [2.45, 2.75) is 31.2 Å². The van der Waals surface area contributed by atoms with Gasteiger partial charge in [-0.05, 0) is 48.9 Å². The summed E-state index contributed by atoms with van der Waals surface area (Å²) in [5, 5.41) is 3.53. The summed E-state index contributed by atoms with van der Waals surface area (Å²) in [5.41, 5.74) is 3.16. The third kappa shape index (κ3) is 3.51. The molecule has 1 saturated heterocycles. The fraction of sp³-hybridized carbons (Fsp3) is 0.381. The zero-order valence-electron chi connectivity index (χ0n) is 14.6. The van der Waals surface area contributed by atoms with E-state index in [1.165, 1.54) is 16.7 Å². The quantitative estimate of drug-likeness (QED) is 0.934. The number of carbonyl (C=O) groups is 1. The van der Waals surface area contributed by atoms with Gasteiger partial charge in [0.05, 0.1) is 0 Å². The van der Waals surface area contributed by atoms with Gasteiger partial charge in [-0.3, -0.25) is 4.79 Å². The molecule has 24 heavy (non-hydrogen) atoms. The number of nitrogens with one attached hydrogen (secondary N) is 1. The summed E-state index contributed by atoms with van der Waals surface area (Å²) < 4.78 is 0. The summed E-state index contributed by atoms with van der Waals surface area (Å²) in [5.74, 6) is 0.187. The highest BCUT2D eigenvalue weighted by Gasteiger charge is 2.40. The maximum Gasteiger partial charge on any atom is 0.242 e. The molecule has 0 spiro atoms. The molecule has 1 amide bonds. The highest BCUT2D eigenvalue weighted by Crippen LogP contribution is 2.28. The minimum atomic E-state index is -0.461. The van der Waals surface area contributed by atoms with Gasteiger partial charge in [0.15, 0.2) is 0 Å². The maximum absolute atomic E-state index is 12.8. The zero-order chi connectivity index (χ0) is 17.0.